The van der Waals surface area contributed by atoms with Gasteiger partial charge in [-0.2, -0.15) is 4.31 Å². The maximum atomic E-state index is 13.2. The van der Waals surface area contributed by atoms with Crippen LogP contribution in [0.1, 0.15) is 36.6 Å². The lowest BCUT2D eigenvalue weighted by molar-refractivity contribution is -0.116. The lowest BCUT2D eigenvalue weighted by Crippen LogP contribution is -2.38. The van der Waals surface area contributed by atoms with Gasteiger partial charge < -0.3 is 10.3 Å². The Labute approximate surface area is 205 Å². The first-order valence-corrected chi connectivity index (χ1v) is 13.3. The fraction of sp³-hybridized carbons (Fsp3) is 0.259. The highest BCUT2D eigenvalue weighted by Gasteiger charge is 2.31. The number of aromatic amines is 1. The summed E-state index contributed by atoms with van der Waals surface area (Å²) in [5.41, 5.74) is 3.63. The highest BCUT2D eigenvalue weighted by atomic mass is 32.2. The quantitative estimate of drug-likeness (QED) is 0.394. The summed E-state index contributed by atoms with van der Waals surface area (Å²) in [6, 6.07) is 24.2. The molecule has 0 unspecified atom stereocenters. The maximum Gasteiger partial charge on any atom is 0.243 e. The third-order valence-corrected chi connectivity index (χ3v) is 8.42. The van der Waals surface area contributed by atoms with Gasteiger partial charge in [0.05, 0.1) is 15.9 Å². The van der Waals surface area contributed by atoms with Crippen LogP contribution in [0, 0.1) is 0 Å². The van der Waals surface area contributed by atoms with Crippen LogP contribution in [0.2, 0.25) is 0 Å². The first kappa shape index (κ1) is 23.3. The average molecular weight is 489 g/mol. The van der Waals surface area contributed by atoms with Gasteiger partial charge in [-0.05, 0) is 61.2 Å². The molecule has 3 aromatic carbocycles. The number of H-pyrrole nitrogens is 1. The van der Waals surface area contributed by atoms with Crippen molar-refractivity contribution in [2.45, 2.75) is 36.5 Å². The number of hydrogen-bond donors (Lipinski definition) is 2. The van der Waals surface area contributed by atoms with E-state index in [4.69, 9.17) is 0 Å². The minimum absolute atomic E-state index is 0.0999. The molecule has 1 aromatic heterocycles. The predicted molar refractivity (Wildman–Crippen MR) is 137 cm³/mol. The fourth-order valence-corrected chi connectivity index (χ4v) is 5.99. The van der Waals surface area contributed by atoms with Gasteiger partial charge in [0.15, 0.2) is 0 Å². The Hall–Kier alpha value is -3.49. The number of hydrogen-bond acceptors (Lipinski definition) is 4. The van der Waals surface area contributed by atoms with E-state index in [1.807, 2.05) is 54.6 Å². The molecule has 1 saturated heterocycles. The molecule has 4 aromatic rings. The van der Waals surface area contributed by atoms with Crippen molar-refractivity contribution in [3.63, 3.8) is 0 Å². The van der Waals surface area contributed by atoms with Crippen LogP contribution in [0.4, 0.5) is 5.69 Å². The fourth-order valence-electron chi connectivity index (χ4n) is 4.52. The Balaban J connectivity index is 1.17. The smallest absolute Gasteiger partial charge is 0.243 e. The Bertz CT molecular complexity index is 1370. The molecule has 0 radical (unpaired) electrons. The van der Waals surface area contributed by atoms with Crippen molar-refractivity contribution in [1.29, 1.82) is 0 Å². The number of sulfonamides is 1. The summed E-state index contributed by atoms with van der Waals surface area (Å²) in [6.07, 6.45) is 2.45. The Morgan fingerprint density at radius 2 is 1.63 bits per heavy atom. The number of carbonyl (C=O) groups is 1. The average Bonchev–Trinajstić information content (AvgIpc) is 3.33. The Morgan fingerprint density at radius 3 is 2.34 bits per heavy atom. The third-order valence-electron chi connectivity index (χ3n) is 6.51. The Kier molecular flexibility index (Phi) is 6.66. The minimum atomic E-state index is -3.59. The van der Waals surface area contributed by atoms with E-state index in [9.17, 15) is 13.2 Å². The van der Waals surface area contributed by atoms with Crippen molar-refractivity contribution >= 4 is 32.7 Å². The van der Waals surface area contributed by atoms with Crippen molar-refractivity contribution in [3.8, 4) is 0 Å². The van der Waals surface area contributed by atoms with E-state index in [1.165, 1.54) is 0 Å². The maximum absolute atomic E-state index is 13.2. The molecule has 5 rings (SSSR count). The number of anilines is 1. The number of piperidine rings is 1. The van der Waals surface area contributed by atoms with Crippen LogP contribution in [0.3, 0.4) is 0 Å². The number of para-hydroxylation sites is 2. The summed E-state index contributed by atoms with van der Waals surface area (Å²) >= 11 is 0. The van der Waals surface area contributed by atoms with Crippen LogP contribution in [-0.2, 0) is 21.2 Å². The minimum Gasteiger partial charge on any atom is -0.342 e. The number of nitrogens with one attached hydrogen (secondary N) is 2. The molecule has 0 saturated carbocycles. The molecular formula is C27H28N4O3S. The van der Waals surface area contributed by atoms with Gasteiger partial charge >= 0.3 is 0 Å². The number of carbonyl (C=O) groups excluding carboxylic acids is 1. The zero-order valence-electron chi connectivity index (χ0n) is 19.4. The number of rotatable bonds is 7. The molecule has 1 aliphatic heterocycles. The van der Waals surface area contributed by atoms with Gasteiger partial charge in [0.2, 0.25) is 15.9 Å². The lowest BCUT2D eigenvalue weighted by Gasteiger charge is -2.30. The Morgan fingerprint density at radius 1 is 0.943 bits per heavy atom. The van der Waals surface area contributed by atoms with E-state index in [-0.39, 0.29) is 16.7 Å². The molecule has 2 heterocycles. The van der Waals surface area contributed by atoms with Gasteiger partial charge in [0, 0.05) is 31.1 Å². The van der Waals surface area contributed by atoms with Crippen LogP contribution in [0.25, 0.3) is 11.0 Å². The first-order chi connectivity index (χ1) is 17.0. The van der Waals surface area contributed by atoms with Crippen molar-refractivity contribution in [1.82, 2.24) is 14.3 Å². The summed E-state index contributed by atoms with van der Waals surface area (Å²) in [5.74, 6) is 1.04. The number of benzene rings is 3. The highest BCUT2D eigenvalue weighted by Crippen LogP contribution is 2.30. The molecule has 0 bridgehead atoms. The number of aromatic nitrogens is 2. The summed E-state index contributed by atoms with van der Waals surface area (Å²) in [7, 11) is -3.59. The monoisotopic (exact) mass is 488 g/mol. The number of nitrogens with zero attached hydrogens (tertiary/aromatic N) is 2. The van der Waals surface area contributed by atoms with E-state index in [2.05, 4.69) is 15.3 Å². The third kappa shape index (κ3) is 5.28. The second kappa shape index (κ2) is 10.0. The molecule has 180 valence electrons. The van der Waals surface area contributed by atoms with Crippen LogP contribution >= 0.6 is 0 Å². The largest absolute Gasteiger partial charge is 0.342 e. The number of fused-ring (bicyclic) bond motifs is 1. The van der Waals surface area contributed by atoms with Gasteiger partial charge in [-0.3, -0.25) is 4.79 Å². The molecule has 35 heavy (non-hydrogen) atoms. The SMILES string of the molecule is O=C(CCc1ccccc1)Nc1ccc(S(=O)(=O)N2CCC(c3nc4ccccc4[nH]3)CC2)cc1. The molecule has 1 fully saturated rings. The van der Waals surface area contributed by atoms with Crippen LogP contribution in [0.5, 0.6) is 0 Å². The van der Waals surface area contributed by atoms with Crippen molar-refractivity contribution in [2.75, 3.05) is 18.4 Å². The predicted octanol–water partition coefficient (Wildman–Crippen LogP) is 4.70. The summed E-state index contributed by atoms with van der Waals surface area (Å²) in [4.78, 5) is 20.6. The molecule has 1 aliphatic rings. The second-order valence-corrected chi connectivity index (χ2v) is 10.8. The van der Waals surface area contributed by atoms with Crippen LogP contribution in [-0.4, -0.2) is 41.7 Å². The first-order valence-electron chi connectivity index (χ1n) is 11.9. The summed E-state index contributed by atoms with van der Waals surface area (Å²) < 4.78 is 27.9. The summed E-state index contributed by atoms with van der Waals surface area (Å²) in [6.45, 7) is 0.893. The molecule has 0 atom stereocenters. The van der Waals surface area contributed by atoms with Gasteiger partial charge in [0.1, 0.15) is 5.82 Å². The van der Waals surface area contributed by atoms with Gasteiger partial charge in [-0.15, -0.1) is 0 Å². The van der Waals surface area contributed by atoms with E-state index in [1.54, 1.807) is 28.6 Å². The molecule has 8 heteroatoms. The number of amides is 1. The molecule has 7 nitrogen and oxygen atoms in total. The van der Waals surface area contributed by atoms with E-state index in [0.29, 0.717) is 44.5 Å². The topological polar surface area (TPSA) is 95.2 Å². The normalized spacial score (nSPS) is 15.3. The van der Waals surface area contributed by atoms with Gasteiger partial charge in [0.25, 0.3) is 0 Å². The van der Waals surface area contributed by atoms with E-state index < -0.39 is 10.0 Å². The standard InChI is InChI=1S/C27H28N4O3S/c32-26(15-10-20-6-2-1-3-7-20)28-22-11-13-23(14-12-22)35(33,34)31-18-16-21(17-19-31)27-29-24-8-4-5-9-25(24)30-27/h1-9,11-14,21H,10,15-19H2,(H,28,32)(H,29,30). The van der Waals surface area contributed by atoms with Crippen LogP contribution < -0.4 is 5.32 Å². The number of imidazole rings is 1. The molecule has 1 amide bonds. The van der Waals surface area contributed by atoms with Crippen molar-refractivity contribution in [2.24, 2.45) is 0 Å². The summed E-state index contributed by atoms with van der Waals surface area (Å²) in [5, 5.41) is 2.85. The molecule has 2 N–H and O–H groups in total. The van der Waals surface area contributed by atoms with Crippen LogP contribution in [0.15, 0.2) is 83.8 Å². The van der Waals surface area contributed by atoms with Crippen molar-refractivity contribution in [3.05, 3.63) is 90.3 Å². The lowest BCUT2D eigenvalue weighted by atomic mass is 9.97. The zero-order valence-corrected chi connectivity index (χ0v) is 20.2. The second-order valence-electron chi connectivity index (χ2n) is 8.88. The molecular weight excluding hydrogens is 460 g/mol. The molecule has 0 spiro atoms. The van der Waals surface area contributed by atoms with E-state index in [0.717, 1.165) is 22.4 Å². The van der Waals surface area contributed by atoms with Gasteiger partial charge in [-0.1, -0.05) is 42.5 Å². The van der Waals surface area contributed by atoms with Crippen molar-refractivity contribution < 1.29 is 13.2 Å². The number of aryl methyl sites for hydroxylation is 1. The zero-order chi connectivity index (χ0) is 24.3. The van der Waals surface area contributed by atoms with E-state index >= 15 is 0 Å². The van der Waals surface area contributed by atoms with Gasteiger partial charge in [-0.25, -0.2) is 13.4 Å². The molecule has 0 aliphatic carbocycles. The highest BCUT2D eigenvalue weighted by molar-refractivity contribution is 7.89.